The van der Waals surface area contributed by atoms with Crippen LogP contribution in [0, 0.1) is 0 Å². The van der Waals surface area contributed by atoms with Gasteiger partial charge < -0.3 is 10.6 Å². The fourth-order valence-electron chi connectivity index (χ4n) is 1.35. The zero-order valence-corrected chi connectivity index (χ0v) is 8.23. The predicted molar refractivity (Wildman–Crippen MR) is 60.3 cm³/mol. The number of allylic oxidation sites excluding steroid dienone is 2. The first-order valence-electron chi connectivity index (χ1n) is 4.82. The van der Waals surface area contributed by atoms with Gasteiger partial charge in [0.15, 0.2) is 0 Å². The van der Waals surface area contributed by atoms with Crippen LogP contribution >= 0.6 is 0 Å². The molecule has 3 heteroatoms. The first kappa shape index (κ1) is 9.52. The lowest BCUT2D eigenvalue weighted by Crippen LogP contribution is -2.23. The minimum absolute atomic E-state index is 0.0574. The molecule has 1 aromatic rings. The monoisotopic (exact) mass is 200 g/mol. The van der Waals surface area contributed by atoms with Gasteiger partial charge in [0.25, 0.3) is 5.91 Å². The summed E-state index contributed by atoms with van der Waals surface area (Å²) in [4.78, 5) is 11.7. The number of rotatable bonds is 2. The third kappa shape index (κ3) is 2.47. The van der Waals surface area contributed by atoms with Crippen LogP contribution in [-0.4, -0.2) is 12.5 Å². The van der Waals surface area contributed by atoms with E-state index in [1.54, 1.807) is 0 Å². The van der Waals surface area contributed by atoms with Crippen LogP contribution in [0.15, 0.2) is 54.3 Å². The number of anilines is 1. The zero-order valence-electron chi connectivity index (χ0n) is 8.23. The van der Waals surface area contributed by atoms with Gasteiger partial charge in [-0.15, -0.1) is 0 Å². The van der Waals surface area contributed by atoms with Crippen LogP contribution in [0.25, 0.3) is 0 Å². The van der Waals surface area contributed by atoms with E-state index in [1.807, 2.05) is 48.7 Å². The first-order valence-corrected chi connectivity index (χ1v) is 4.82. The van der Waals surface area contributed by atoms with E-state index in [2.05, 4.69) is 10.6 Å². The topological polar surface area (TPSA) is 41.1 Å². The summed E-state index contributed by atoms with van der Waals surface area (Å²) < 4.78 is 0. The normalized spacial score (nSPS) is 14.0. The Morgan fingerprint density at radius 3 is 2.73 bits per heavy atom. The third-order valence-electron chi connectivity index (χ3n) is 2.13. The molecular weight excluding hydrogens is 188 g/mol. The molecule has 15 heavy (non-hydrogen) atoms. The van der Waals surface area contributed by atoms with E-state index >= 15 is 0 Å². The number of hydrogen-bond donors (Lipinski definition) is 2. The molecule has 1 aliphatic rings. The van der Waals surface area contributed by atoms with Crippen molar-refractivity contribution in [3.8, 4) is 0 Å². The number of nitrogens with one attached hydrogen (secondary N) is 2. The minimum atomic E-state index is -0.0574. The fourth-order valence-corrected chi connectivity index (χ4v) is 1.35. The molecule has 2 N–H and O–H groups in total. The summed E-state index contributed by atoms with van der Waals surface area (Å²) in [5.41, 5.74) is 1.55. The highest BCUT2D eigenvalue weighted by Gasteiger charge is 2.09. The largest absolute Gasteiger partial charge is 0.387 e. The van der Waals surface area contributed by atoms with Crippen LogP contribution in [0.1, 0.15) is 0 Å². The Morgan fingerprint density at radius 2 is 2.07 bits per heavy atom. The zero-order chi connectivity index (χ0) is 10.5. The Balaban J connectivity index is 2.04. The van der Waals surface area contributed by atoms with Crippen LogP contribution < -0.4 is 10.6 Å². The summed E-state index contributed by atoms with van der Waals surface area (Å²) in [5, 5.41) is 5.82. The van der Waals surface area contributed by atoms with Crippen LogP contribution in [-0.2, 0) is 4.79 Å². The SMILES string of the molecule is O=C(Nc1ccccc1)C1=CC=CNC1. The van der Waals surface area contributed by atoms with Crippen molar-refractivity contribution in [1.82, 2.24) is 5.32 Å². The summed E-state index contributed by atoms with van der Waals surface area (Å²) in [7, 11) is 0. The molecule has 3 nitrogen and oxygen atoms in total. The second-order valence-corrected chi connectivity index (χ2v) is 3.25. The standard InChI is InChI=1S/C12H12N2O/c15-12(10-5-4-8-13-9-10)14-11-6-2-1-3-7-11/h1-8,13H,9H2,(H,14,15). The van der Waals surface area contributed by atoms with Crippen molar-refractivity contribution in [2.24, 2.45) is 0 Å². The number of carbonyl (C=O) groups is 1. The summed E-state index contributed by atoms with van der Waals surface area (Å²) in [6, 6.07) is 9.43. The van der Waals surface area contributed by atoms with Gasteiger partial charge in [-0.1, -0.05) is 24.3 Å². The fraction of sp³-hybridized carbons (Fsp3) is 0.0833. The average molecular weight is 200 g/mol. The molecule has 0 aliphatic carbocycles. The highest BCUT2D eigenvalue weighted by atomic mass is 16.1. The lowest BCUT2D eigenvalue weighted by molar-refractivity contribution is -0.112. The van der Waals surface area contributed by atoms with Crippen molar-refractivity contribution >= 4 is 11.6 Å². The number of hydrogen-bond acceptors (Lipinski definition) is 2. The Hall–Kier alpha value is -2.03. The van der Waals surface area contributed by atoms with Gasteiger partial charge in [-0.2, -0.15) is 0 Å². The molecule has 1 amide bonds. The van der Waals surface area contributed by atoms with Crippen molar-refractivity contribution in [2.45, 2.75) is 0 Å². The van der Waals surface area contributed by atoms with Crippen molar-refractivity contribution < 1.29 is 4.79 Å². The molecule has 76 valence electrons. The molecule has 0 unspecified atom stereocenters. The van der Waals surface area contributed by atoms with Crippen molar-refractivity contribution in [1.29, 1.82) is 0 Å². The molecule has 0 radical (unpaired) electrons. The molecule has 1 aliphatic heterocycles. The Labute approximate surface area is 88.5 Å². The molecule has 0 fully saturated rings. The van der Waals surface area contributed by atoms with Crippen LogP contribution in [0.2, 0.25) is 0 Å². The second-order valence-electron chi connectivity index (χ2n) is 3.25. The summed E-state index contributed by atoms with van der Waals surface area (Å²) >= 11 is 0. The molecule has 0 spiro atoms. The molecule has 0 saturated carbocycles. The molecule has 1 heterocycles. The number of dihydropyridines is 1. The van der Waals surface area contributed by atoms with Gasteiger partial charge in [-0.25, -0.2) is 0 Å². The van der Waals surface area contributed by atoms with Gasteiger partial charge in [0.05, 0.1) is 0 Å². The number of benzene rings is 1. The molecule has 0 atom stereocenters. The van der Waals surface area contributed by atoms with Crippen LogP contribution in [0.3, 0.4) is 0 Å². The van der Waals surface area contributed by atoms with Gasteiger partial charge in [0, 0.05) is 17.8 Å². The van der Waals surface area contributed by atoms with Gasteiger partial charge in [0.1, 0.15) is 0 Å². The average Bonchev–Trinajstić information content (AvgIpc) is 2.31. The predicted octanol–water partition coefficient (Wildman–Crippen LogP) is 1.67. The number of amides is 1. The smallest absolute Gasteiger partial charge is 0.253 e. The summed E-state index contributed by atoms with van der Waals surface area (Å²) in [6.45, 7) is 0.579. The summed E-state index contributed by atoms with van der Waals surface area (Å²) in [6.07, 6.45) is 5.46. The molecule has 2 rings (SSSR count). The Morgan fingerprint density at radius 1 is 1.27 bits per heavy atom. The van der Waals surface area contributed by atoms with Crippen molar-refractivity contribution in [2.75, 3.05) is 11.9 Å². The first-order chi connectivity index (χ1) is 7.36. The maximum Gasteiger partial charge on any atom is 0.253 e. The molecule has 0 bridgehead atoms. The van der Waals surface area contributed by atoms with E-state index < -0.39 is 0 Å². The van der Waals surface area contributed by atoms with Crippen molar-refractivity contribution in [3.63, 3.8) is 0 Å². The van der Waals surface area contributed by atoms with Gasteiger partial charge in [0.2, 0.25) is 0 Å². The second kappa shape index (κ2) is 4.46. The van der Waals surface area contributed by atoms with Crippen LogP contribution in [0.4, 0.5) is 5.69 Å². The quantitative estimate of drug-likeness (QED) is 0.762. The van der Waals surface area contributed by atoms with Gasteiger partial charge >= 0.3 is 0 Å². The lowest BCUT2D eigenvalue weighted by atomic mass is 10.2. The Bertz CT molecular complexity index is 407. The number of para-hydroxylation sites is 1. The molecule has 0 saturated heterocycles. The van der Waals surface area contributed by atoms with E-state index in [0.717, 1.165) is 11.3 Å². The van der Waals surface area contributed by atoms with E-state index in [4.69, 9.17) is 0 Å². The van der Waals surface area contributed by atoms with Crippen molar-refractivity contribution in [3.05, 3.63) is 54.3 Å². The highest BCUT2D eigenvalue weighted by Crippen LogP contribution is 2.08. The maximum atomic E-state index is 11.7. The Kier molecular flexibility index (Phi) is 2.83. The molecule has 1 aromatic carbocycles. The maximum absolute atomic E-state index is 11.7. The van der Waals surface area contributed by atoms with E-state index in [1.165, 1.54) is 0 Å². The molecule has 0 aromatic heterocycles. The van der Waals surface area contributed by atoms with E-state index in [9.17, 15) is 4.79 Å². The van der Waals surface area contributed by atoms with E-state index in [0.29, 0.717) is 6.54 Å². The van der Waals surface area contributed by atoms with Gasteiger partial charge in [-0.3, -0.25) is 4.79 Å². The lowest BCUT2D eigenvalue weighted by Gasteiger charge is -2.10. The number of carbonyl (C=O) groups excluding carboxylic acids is 1. The third-order valence-corrected chi connectivity index (χ3v) is 2.13. The summed E-state index contributed by atoms with van der Waals surface area (Å²) in [5.74, 6) is -0.0574. The highest BCUT2D eigenvalue weighted by molar-refractivity contribution is 6.04. The van der Waals surface area contributed by atoms with Crippen LogP contribution in [0.5, 0.6) is 0 Å². The molecular formula is C12H12N2O. The minimum Gasteiger partial charge on any atom is -0.387 e. The van der Waals surface area contributed by atoms with Gasteiger partial charge in [-0.05, 0) is 24.4 Å². The van der Waals surface area contributed by atoms with E-state index in [-0.39, 0.29) is 5.91 Å².